The molecule has 0 saturated carbocycles. The molecule has 0 amide bonds. The van der Waals surface area contributed by atoms with E-state index in [2.05, 4.69) is 48.3 Å². The molecule has 0 saturated heterocycles. The highest BCUT2D eigenvalue weighted by molar-refractivity contribution is 5.79. The molecule has 120 valence electrons. The van der Waals surface area contributed by atoms with Gasteiger partial charge in [0, 0.05) is 39.8 Å². The Morgan fingerprint density at radius 3 is 2.40 bits per heavy atom. The molecule has 20 heavy (non-hydrogen) atoms. The highest BCUT2D eigenvalue weighted by Gasteiger charge is 2.04. The van der Waals surface area contributed by atoms with Crippen LogP contribution in [-0.2, 0) is 4.74 Å². The molecular weight excluding hydrogens is 252 g/mol. The Labute approximate surface area is 125 Å². The Morgan fingerprint density at radius 1 is 1.15 bits per heavy atom. The molecule has 0 aliphatic heterocycles. The van der Waals surface area contributed by atoms with E-state index in [4.69, 9.17) is 4.74 Å². The van der Waals surface area contributed by atoms with E-state index in [9.17, 15) is 0 Å². The van der Waals surface area contributed by atoms with E-state index < -0.39 is 0 Å². The van der Waals surface area contributed by atoms with E-state index in [0.717, 1.165) is 45.3 Å². The summed E-state index contributed by atoms with van der Waals surface area (Å²) < 4.78 is 5.07. The van der Waals surface area contributed by atoms with Crippen molar-refractivity contribution in [1.29, 1.82) is 0 Å². The van der Waals surface area contributed by atoms with Gasteiger partial charge in [-0.05, 0) is 19.9 Å². The molecule has 0 aromatic heterocycles. The third-order valence-corrected chi connectivity index (χ3v) is 3.47. The molecule has 0 atom stereocenters. The molecule has 0 aromatic rings. The van der Waals surface area contributed by atoms with Gasteiger partial charge < -0.3 is 20.3 Å². The average Bonchev–Trinajstić information content (AvgIpc) is 2.46. The number of guanidine groups is 1. The van der Waals surface area contributed by atoms with E-state index in [-0.39, 0.29) is 0 Å². The summed E-state index contributed by atoms with van der Waals surface area (Å²) in [5.41, 5.74) is 0. The first kappa shape index (κ1) is 19.2. The van der Waals surface area contributed by atoms with Gasteiger partial charge in [-0.2, -0.15) is 0 Å². The molecule has 0 rings (SSSR count). The number of rotatable bonds is 11. The van der Waals surface area contributed by atoms with Crippen LogP contribution in [0.4, 0.5) is 0 Å². The van der Waals surface area contributed by atoms with Gasteiger partial charge in [0.05, 0.1) is 6.61 Å². The fourth-order valence-electron chi connectivity index (χ4n) is 1.83. The van der Waals surface area contributed by atoms with Gasteiger partial charge in [0.15, 0.2) is 5.96 Å². The lowest BCUT2D eigenvalue weighted by atomic mass is 10.0. The predicted molar refractivity (Wildman–Crippen MR) is 87.4 cm³/mol. The molecule has 5 heteroatoms. The Balaban J connectivity index is 4.03. The highest BCUT2D eigenvalue weighted by Crippen LogP contribution is 2.06. The first-order valence-corrected chi connectivity index (χ1v) is 7.87. The molecule has 0 radical (unpaired) electrons. The lowest BCUT2D eigenvalue weighted by Gasteiger charge is -2.18. The molecule has 5 nitrogen and oxygen atoms in total. The van der Waals surface area contributed by atoms with Gasteiger partial charge in [0.25, 0.3) is 0 Å². The number of aliphatic imine (C=N–C) groups is 1. The number of likely N-dealkylation sites (N-methyl/N-ethyl adjacent to an activating group) is 1. The maximum atomic E-state index is 5.07. The van der Waals surface area contributed by atoms with Crippen LogP contribution < -0.4 is 10.6 Å². The first-order chi connectivity index (χ1) is 9.67. The minimum Gasteiger partial charge on any atom is -0.383 e. The molecule has 0 bridgehead atoms. The summed E-state index contributed by atoms with van der Waals surface area (Å²) in [7, 11) is 3.84. The van der Waals surface area contributed by atoms with Gasteiger partial charge in [-0.3, -0.25) is 4.99 Å². The van der Waals surface area contributed by atoms with E-state index in [0.29, 0.717) is 5.92 Å². The number of ether oxygens (including phenoxy) is 1. The van der Waals surface area contributed by atoms with Crippen LogP contribution in [-0.4, -0.2) is 64.3 Å². The van der Waals surface area contributed by atoms with Gasteiger partial charge in [-0.1, -0.05) is 26.7 Å². The molecule has 0 fully saturated rings. The van der Waals surface area contributed by atoms with Crippen molar-refractivity contribution >= 4 is 5.96 Å². The average molecular weight is 286 g/mol. The zero-order valence-electron chi connectivity index (χ0n) is 14.0. The van der Waals surface area contributed by atoms with E-state index >= 15 is 0 Å². The normalized spacial score (nSPS) is 12.2. The largest absolute Gasteiger partial charge is 0.383 e. The van der Waals surface area contributed by atoms with Gasteiger partial charge in [-0.15, -0.1) is 0 Å². The molecule has 0 aromatic carbocycles. The van der Waals surface area contributed by atoms with Crippen LogP contribution in [0.5, 0.6) is 0 Å². The minimum absolute atomic E-state index is 0.690. The summed E-state index contributed by atoms with van der Waals surface area (Å²) >= 11 is 0. The number of hydrogen-bond acceptors (Lipinski definition) is 3. The molecule has 0 heterocycles. The third-order valence-electron chi connectivity index (χ3n) is 3.47. The van der Waals surface area contributed by atoms with Crippen molar-refractivity contribution in [2.24, 2.45) is 10.9 Å². The lowest BCUT2D eigenvalue weighted by Crippen LogP contribution is -2.41. The number of methoxy groups -OCH3 is 1. The SMILES string of the molecule is CCNC(=NCC(CC)CC)NCCN(C)CCOC. The molecule has 2 N–H and O–H groups in total. The van der Waals surface area contributed by atoms with Crippen molar-refractivity contribution in [2.45, 2.75) is 33.6 Å². The molecule has 0 aliphatic rings. The van der Waals surface area contributed by atoms with Gasteiger partial charge in [-0.25, -0.2) is 0 Å². The van der Waals surface area contributed by atoms with Crippen LogP contribution >= 0.6 is 0 Å². The Bertz CT molecular complexity index is 242. The third kappa shape index (κ3) is 10.0. The van der Waals surface area contributed by atoms with Crippen molar-refractivity contribution in [3.63, 3.8) is 0 Å². The summed E-state index contributed by atoms with van der Waals surface area (Å²) in [4.78, 5) is 6.92. The zero-order valence-corrected chi connectivity index (χ0v) is 14.0. The van der Waals surface area contributed by atoms with E-state index in [1.54, 1.807) is 7.11 Å². The monoisotopic (exact) mass is 286 g/mol. The maximum absolute atomic E-state index is 5.07. The fourth-order valence-corrected chi connectivity index (χ4v) is 1.83. The number of nitrogens with zero attached hydrogens (tertiary/aromatic N) is 2. The van der Waals surface area contributed by atoms with Crippen LogP contribution in [0, 0.1) is 5.92 Å². The standard InChI is InChI=1S/C15H34N4O/c1-6-14(7-2)13-18-15(16-8-3)17-9-10-19(4)11-12-20-5/h14H,6-13H2,1-5H3,(H2,16,17,18). The lowest BCUT2D eigenvalue weighted by molar-refractivity contribution is 0.162. The van der Waals surface area contributed by atoms with Crippen molar-refractivity contribution in [3.8, 4) is 0 Å². The van der Waals surface area contributed by atoms with Crippen LogP contribution in [0.1, 0.15) is 33.6 Å². The smallest absolute Gasteiger partial charge is 0.191 e. The molecular formula is C15H34N4O. The maximum Gasteiger partial charge on any atom is 0.191 e. The Hall–Kier alpha value is -0.810. The van der Waals surface area contributed by atoms with Crippen LogP contribution in [0.25, 0.3) is 0 Å². The van der Waals surface area contributed by atoms with Crippen molar-refractivity contribution in [2.75, 3.05) is 53.5 Å². The topological polar surface area (TPSA) is 48.9 Å². The van der Waals surface area contributed by atoms with Crippen LogP contribution in [0.3, 0.4) is 0 Å². The summed E-state index contributed by atoms with van der Waals surface area (Å²) in [6.07, 6.45) is 2.39. The summed E-state index contributed by atoms with van der Waals surface area (Å²) in [6.45, 7) is 12.0. The minimum atomic E-state index is 0.690. The van der Waals surface area contributed by atoms with Gasteiger partial charge in [0.2, 0.25) is 0 Å². The summed E-state index contributed by atoms with van der Waals surface area (Å²) in [5.74, 6) is 1.62. The summed E-state index contributed by atoms with van der Waals surface area (Å²) in [6, 6.07) is 0. The molecule has 0 spiro atoms. The zero-order chi connectivity index (χ0) is 15.2. The quantitative estimate of drug-likeness (QED) is 0.447. The number of hydrogen-bond donors (Lipinski definition) is 2. The second-order valence-electron chi connectivity index (χ2n) is 5.12. The second kappa shape index (κ2) is 13.2. The van der Waals surface area contributed by atoms with Gasteiger partial charge >= 0.3 is 0 Å². The Morgan fingerprint density at radius 2 is 1.85 bits per heavy atom. The molecule has 0 aliphatic carbocycles. The van der Waals surface area contributed by atoms with Crippen molar-refractivity contribution in [1.82, 2.24) is 15.5 Å². The van der Waals surface area contributed by atoms with E-state index in [1.165, 1.54) is 12.8 Å². The predicted octanol–water partition coefficient (Wildman–Crippen LogP) is 1.56. The van der Waals surface area contributed by atoms with E-state index in [1.807, 2.05) is 0 Å². The molecule has 0 unspecified atom stereocenters. The second-order valence-corrected chi connectivity index (χ2v) is 5.12. The van der Waals surface area contributed by atoms with Crippen LogP contribution in [0.15, 0.2) is 4.99 Å². The fraction of sp³-hybridized carbons (Fsp3) is 0.933. The van der Waals surface area contributed by atoms with Crippen molar-refractivity contribution < 1.29 is 4.74 Å². The van der Waals surface area contributed by atoms with Crippen LogP contribution in [0.2, 0.25) is 0 Å². The Kier molecular flexibility index (Phi) is 12.7. The summed E-state index contributed by atoms with van der Waals surface area (Å²) in [5, 5.41) is 6.69. The first-order valence-electron chi connectivity index (χ1n) is 7.87. The van der Waals surface area contributed by atoms with Gasteiger partial charge in [0.1, 0.15) is 0 Å². The van der Waals surface area contributed by atoms with Crippen molar-refractivity contribution in [3.05, 3.63) is 0 Å². The highest BCUT2D eigenvalue weighted by atomic mass is 16.5. The number of nitrogens with one attached hydrogen (secondary N) is 2.